The minimum absolute atomic E-state index is 0.0394. The number of aromatic nitrogens is 1. The van der Waals surface area contributed by atoms with Gasteiger partial charge in [0.05, 0.1) is 23.1 Å². The summed E-state index contributed by atoms with van der Waals surface area (Å²) in [4.78, 5) is 27.7. The molecule has 0 aliphatic rings. The average molecular weight is 339 g/mol. The van der Waals surface area contributed by atoms with E-state index in [-0.39, 0.29) is 16.4 Å². The zero-order valence-corrected chi connectivity index (χ0v) is 13.7. The van der Waals surface area contributed by atoms with Crippen molar-refractivity contribution < 1.29 is 19.1 Å². The largest absolute Gasteiger partial charge is 0.478 e. The predicted molar refractivity (Wildman–Crippen MR) is 93.1 cm³/mol. The minimum Gasteiger partial charge on any atom is -0.478 e. The predicted octanol–water partition coefficient (Wildman–Crippen LogP) is 3.73. The number of carboxylic acid groups (broad SMARTS) is 1. The highest BCUT2D eigenvalue weighted by atomic mass is 16.5. The van der Waals surface area contributed by atoms with Crippen LogP contribution in [-0.2, 0) is 0 Å². The number of benzene rings is 1. The molecule has 6 heteroatoms. The summed E-state index contributed by atoms with van der Waals surface area (Å²) in [5.74, 6) is -0.356. The molecular formula is C19H17NO5. The number of pyridine rings is 1. The zero-order valence-electron chi connectivity index (χ0n) is 13.7. The fourth-order valence-corrected chi connectivity index (χ4v) is 2.43. The van der Waals surface area contributed by atoms with Crippen LogP contribution in [0.1, 0.15) is 30.1 Å². The van der Waals surface area contributed by atoms with E-state index < -0.39 is 5.97 Å². The number of ether oxygens (including phenoxy) is 1. The Hall–Kier alpha value is -3.15. The highest BCUT2D eigenvalue weighted by Gasteiger charge is 2.14. The van der Waals surface area contributed by atoms with E-state index in [0.717, 1.165) is 12.8 Å². The average Bonchev–Trinajstić information content (AvgIpc) is 2.62. The number of hydrogen-bond donors (Lipinski definition) is 1. The minimum atomic E-state index is -1.09. The Morgan fingerprint density at radius 1 is 1.28 bits per heavy atom. The van der Waals surface area contributed by atoms with Crippen LogP contribution in [0.5, 0.6) is 5.88 Å². The quantitative estimate of drug-likeness (QED) is 0.688. The molecular weight excluding hydrogens is 322 g/mol. The molecule has 1 N–H and O–H groups in total. The first-order chi connectivity index (χ1) is 12.1. The molecule has 0 unspecified atom stereocenters. The van der Waals surface area contributed by atoms with E-state index in [2.05, 4.69) is 11.9 Å². The molecule has 2 aromatic heterocycles. The summed E-state index contributed by atoms with van der Waals surface area (Å²) in [5.41, 5.74) is 0.621. The van der Waals surface area contributed by atoms with Crippen LogP contribution in [0.25, 0.3) is 22.3 Å². The van der Waals surface area contributed by atoms with Gasteiger partial charge < -0.3 is 14.3 Å². The second kappa shape index (κ2) is 7.17. The molecule has 6 nitrogen and oxygen atoms in total. The van der Waals surface area contributed by atoms with Gasteiger partial charge in [0.25, 0.3) is 0 Å². The third kappa shape index (κ3) is 3.52. The van der Waals surface area contributed by atoms with Gasteiger partial charge in [-0.15, -0.1) is 0 Å². The molecule has 0 spiro atoms. The maximum atomic E-state index is 12.4. The third-order valence-electron chi connectivity index (χ3n) is 3.75. The van der Waals surface area contributed by atoms with E-state index in [1.807, 2.05) is 0 Å². The first-order valence-corrected chi connectivity index (χ1v) is 7.99. The Morgan fingerprint density at radius 3 is 2.88 bits per heavy atom. The van der Waals surface area contributed by atoms with Crippen molar-refractivity contribution in [2.75, 3.05) is 6.61 Å². The van der Waals surface area contributed by atoms with E-state index in [9.17, 15) is 9.59 Å². The lowest BCUT2D eigenvalue weighted by molar-refractivity contribution is 0.0697. The maximum Gasteiger partial charge on any atom is 0.335 e. The summed E-state index contributed by atoms with van der Waals surface area (Å²) in [7, 11) is 0. The highest BCUT2D eigenvalue weighted by molar-refractivity contribution is 5.93. The molecule has 0 aliphatic carbocycles. The Bertz CT molecular complexity index is 977. The number of nitrogens with zero attached hydrogens (tertiary/aromatic N) is 1. The fourth-order valence-electron chi connectivity index (χ4n) is 2.43. The molecule has 2 heterocycles. The number of hydrogen-bond acceptors (Lipinski definition) is 5. The number of aromatic carboxylic acids is 1. The maximum absolute atomic E-state index is 12.4. The van der Waals surface area contributed by atoms with Crippen molar-refractivity contribution in [3.8, 4) is 17.2 Å². The van der Waals surface area contributed by atoms with Crippen molar-refractivity contribution in [2.45, 2.75) is 19.8 Å². The van der Waals surface area contributed by atoms with Crippen molar-refractivity contribution in [3.63, 3.8) is 0 Å². The van der Waals surface area contributed by atoms with E-state index in [1.165, 1.54) is 24.3 Å². The van der Waals surface area contributed by atoms with Crippen molar-refractivity contribution in [1.82, 2.24) is 4.98 Å². The summed E-state index contributed by atoms with van der Waals surface area (Å²) in [6.07, 6.45) is 3.51. The summed E-state index contributed by atoms with van der Waals surface area (Å²) in [6.45, 7) is 2.59. The normalized spacial score (nSPS) is 10.8. The number of carbonyl (C=O) groups is 1. The van der Waals surface area contributed by atoms with Crippen LogP contribution in [0.2, 0.25) is 0 Å². The number of fused-ring (bicyclic) bond motifs is 1. The second-order valence-corrected chi connectivity index (χ2v) is 5.55. The SMILES string of the molecule is CCCCOc1ncccc1-c1cc(=O)c2cc(C(=O)O)ccc2o1. The zero-order chi connectivity index (χ0) is 17.8. The van der Waals surface area contributed by atoms with Crippen LogP contribution in [-0.4, -0.2) is 22.7 Å². The van der Waals surface area contributed by atoms with Crippen molar-refractivity contribution in [1.29, 1.82) is 0 Å². The van der Waals surface area contributed by atoms with Gasteiger partial charge in [-0.25, -0.2) is 9.78 Å². The van der Waals surface area contributed by atoms with Crippen molar-refractivity contribution >= 4 is 16.9 Å². The van der Waals surface area contributed by atoms with Gasteiger partial charge in [-0.2, -0.15) is 0 Å². The van der Waals surface area contributed by atoms with Gasteiger partial charge >= 0.3 is 5.97 Å². The molecule has 0 amide bonds. The summed E-state index contributed by atoms with van der Waals surface area (Å²) >= 11 is 0. The van der Waals surface area contributed by atoms with Gasteiger partial charge in [-0.05, 0) is 36.8 Å². The molecule has 25 heavy (non-hydrogen) atoms. The molecule has 0 radical (unpaired) electrons. The van der Waals surface area contributed by atoms with Crippen LogP contribution in [0.15, 0.2) is 51.8 Å². The molecule has 0 fully saturated rings. The van der Waals surface area contributed by atoms with E-state index in [0.29, 0.717) is 29.4 Å². The second-order valence-electron chi connectivity index (χ2n) is 5.55. The van der Waals surface area contributed by atoms with Crippen molar-refractivity contribution in [2.24, 2.45) is 0 Å². The third-order valence-corrected chi connectivity index (χ3v) is 3.75. The number of rotatable bonds is 6. The Morgan fingerprint density at radius 2 is 2.12 bits per heavy atom. The summed E-state index contributed by atoms with van der Waals surface area (Å²) < 4.78 is 11.5. The lowest BCUT2D eigenvalue weighted by Gasteiger charge is -2.10. The van der Waals surface area contributed by atoms with Gasteiger partial charge in [-0.1, -0.05) is 13.3 Å². The first-order valence-electron chi connectivity index (χ1n) is 7.99. The lowest BCUT2D eigenvalue weighted by Crippen LogP contribution is -2.05. The van der Waals surface area contributed by atoms with E-state index >= 15 is 0 Å². The van der Waals surface area contributed by atoms with Gasteiger partial charge in [0.1, 0.15) is 11.3 Å². The Kier molecular flexibility index (Phi) is 4.79. The molecule has 1 aromatic carbocycles. The van der Waals surface area contributed by atoms with Gasteiger partial charge in [0.2, 0.25) is 5.88 Å². The smallest absolute Gasteiger partial charge is 0.335 e. The van der Waals surface area contributed by atoms with Crippen LogP contribution < -0.4 is 10.2 Å². The highest BCUT2D eigenvalue weighted by Crippen LogP contribution is 2.29. The number of carboxylic acids is 1. The topological polar surface area (TPSA) is 89.6 Å². The Balaban J connectivity index is 2.07. The van der Waals surface area contributed by atoms with Gasteiger partial charge in [0.15, 0.2) is 5.43 Å². The van der Waals surface area contributed by atoms with Crippen LogP contribution in [0.4, 0.5) is 0 Å². The van der Waals surface area contributed by atoms with Crippen LogP contribution in [0.3, 0.4) is 0 Å². The molecule has 3 aromatic rings. The van der Waals surface area contributed by atoms with Crippen LogP contribution in [0, 0.1) is 0 Å². The van der Waals surface area contributed by atoms with Gasteiger partial charge in [0, 0.05) is 12.3 Å². The van der Waals surface area contributed by atoms with E-state index in [4.69, 9.17) is 14.3 Å². The van der Waals surface area contributed by atoms with E-state index in [1.54, 1.807) is 18.3 Å². The fraction of sp³-hybridized carbons (Fsp3) is 0.211. The monoisotopic (exact) mass is 339 g/mol. The molecule has 128 valence electrons. The molecule has 0 atom stereocenters. The lowest BCUT2D eigenvalue weighted by atomic mass is 10.1. The van der Waals surface area contributed by atoms with Crippen LogP contribution >= 0.6 is 0 Å². The Labute approximate surface area is 143 Å². The standard InChI is InChI=1S/C19H17NO5/c1-2-3-9-24-18-13(5-4-8-20-18)17-11-15(21)14-10-12(19(22)23)6-7-16(14)25-17/h4-8,10-11H,2-3,9H2,1H3,(H,22,23). The molecule has 0 aliphatic heterocycles. The van der Waals surface area contributed by atoms with Gasteiger partial charge in [-0.3, -0.25) is 4.79 Å². The molecule has 0 bridgehead atoms. The molecule has 3 rings (SSSR count). The van der Waals surface area contributed by atoms with Crippen molar-refractivity contribution in [3.05, 3.63) is 58.4 Å². The molecule has 0 saturated heterocycles. The molecule has 0 saturated carbocycles. The summed E-state index contributed by atoms with van der Waals surface area (Å²) in [5, 5.41) is 9.27. The first kappa shape index (κ1) is 16.7. The number of unbranched alkanes of at least 4 members (excludes halogenated alkanes) is 1. The summed E-state index contributed by atoms with van der Waals surface area (Å²) in [6, 6.07) is 9.04.